The van der Waals surface area contributed by atoms with Crippen LogP contribution < -0.4 is 0 Å². The van der Waals surface area contributed by atoms with Crippen LogP contribution in [0.1, 0.15) is 38.0 Å². The Bertz CT molecular complexity index is 1270. The molecule has 0 aliphatic heterocycles. The van der Waals surface area contributed by atoms with E-state index in [0.29, 0.717) is 10.6 Å². The van der Waals surface area contributed by atoms with Crippen molar-refractivity contribution in [2.24, 2.45) is 0 Å². The molecular weight excluding hydrogens is 424 g/mol. The molecule has 4 rings (SSSR count). The summed E-state index contributed by atoms with van der Waals surface area (Å²) < 4.78 is 5.93. The number of aromatic nitrogens is 2. The summed E-state index contributed by atoms with van der Waals surface area (Å²) in [5, 5.41) is 19.5. The number of fused-ring (bicyclic) bond motifs is 1. The highest BCUT2D eigenvalue weighted by molar-refractivity contribution is 6.30. The summed E-state index contributed by atoms with van der Waals surface area (Å²) in [5.74, 6) is -1.01. The first-order valence-electron chi connectivity index (χ1n) is 10.4. The molecule has 0 saturated carbocycles. The van der Waals surface area contributed by atoms with Crippen LogP contribution in [0.15, 0.2) is 60.9 Å². The molecular formula is C26H25ClN2O3. The molecule has 0 saturated heterocycles. The minimum atomic E-state index is -1.06. The van der Waals surface area contributed by atoms with Crippen LogP contribution in [0.25, 0.3) is 33.0 Å². The smallest absolute Gasteiger partial charge is 0.337 e. The number of halogens is 1. The Kier molecular flexibility index (Phi) is 5.80. The molecule has 4 aromatic rings. The van der Waals surface area contributed by atoms with Crippen molar-refractivity contribution in [3.63, 3.8) is 0 Å². The van der Waals surface area contributed by atoms with Gasteiger partial charge in [-0.1, -0.05) is 29.8 Å². The maximum atomic E-state index is 12.1. The van der Waals surface area contributed by atoms with Gasteiger partial charge in [-0.15, -0.1) is 0 Å². The molecule has 0 radical (unpaired) electrons. The number of carboxylic acid groups (broad SMARTS) is 1. The molecule has 0 spiro atoms. The molecule has 0 aliphatic carbocycles. The fourth-order valence-electron chi connectivity index (χ4n) is 3.87. The highest BCUT2D eigenvalue weighted by Crippen LogP contribution is 2.38. The van der Waals surface area contributed by atoms with E-state index < -0.39 is 17.7 Å². The summed E-state index contributed by atoms with van der Waals surface area (Å²) in [6, 6.07) is 15.8. The Morgan fingerprint density at radius 3 is 2.38 bits per heavy atom. The van der Waals surface area contributed by atoms with E-state index in [1.54, 1.807) is 6.20 Å². The topological polar surface area (TPSA) is 75.2 Å². The van der Waals surface area contributed by atoms with E-state index in [2.05, 4.69) is 22.3 Å². The summed E-state index contributed by atoms with van der Waals surface area (Å²) in [7, 11) is 0. The Morgan fingerprint density at radius 1 is 1.06 bits per heavy atom. The lowest BCUT2D eigenvalue weighted by Gasteiger charge is -2.26. The monoisotopic (exact) mass is 448 g/mol. The van der Waals surface area contributed by atoms with Crippen LogP contribution in [0, 0.1) is 6.92 Å². The average Bonchev–Trinajstić information content (AvgIpc) is 3.25. The van der Waals surface area contributed by atoms with E-state index in [1.165, 1.54) is 0 Å². The second-order valence-corrected chi connectivity index (χ2v) is 9.33. The Balaban J connectivity index is 1.98. The van der Waals surface area contributed by atoms with Gasteiger partial charge in [0.25, 0.3) is 0 Å². The molecule has 0 aliphatic rings. The van der Waals surface area contributed by atoms with Crippen molar-refractivity contribution in [2.75, 3.05) is 0 Å². The van der Waals surface area contributed by atoms with Crippen LogP contribution in [0.5, 0.6) is 0 Å². The quantitative estimate of drug-likeness (QED) is 0.352. The van der Waals surface area contributed by atoms with Gasteiger partial charge < -0.3 is 9.84 Å². The number of H-pyrrole nitrogens is 1. The number of benzene rings is 3. The summed E-state index contributed by atoms with van der Waals surface area (Å²) in [6.45, 7) is 7.49. The maximum Gasteiger partial charge on any atom is 0.337 e. The van der Waals surface area contributed by atoms with Crippen LogP contribution in [0.2, 0.25) is 5.02 Å². The predicted octanol–water partition coefficient (Wildman–Crippen LogP) is 6.80. The van der Waals surface area contributed by atoms with Crippen molar-refractivity contribution in [2.45, 2.75) is 39.4 Å². The van der Waals surface area contributed by atoms with Gasteiger partial charge in [-0.05, 0) is 96.6 Å². The number of carbonyl (C=O) groups is 1. The van der Waals surface area contributed by atoms with Gasteiger partial charge in [0.1, 0.15) is 0 Å². The third-order valence-electron chi connectivity index (χ3n) is 5.30. The van der Waals surface area contributed by atoms with Gasteiger partial charge in [0.15, 0.2) is 6.10 Å². The van der Waals surface area contributed by atoms with Crippen molar-refractivity contribution < 1.29 is 14.6 Å². The lowest BCUT2D eigenvalue weighted by molar-refractivity contribution is -0.160. The predicted molar refractivity (Wildman–Crippen MR) is 128 cm³/mol. The SMILES string of the molecule is Cc1cc2cc(-c3cn[nH]c3)cc(-c3ccc(Cl)cc3)c2cc1[C@H](OC(C)(C)C)C(=O)O. The fourth-order valence-corrected chi connectivity index (χ4v) is 3.99. The van der Waals surface area contributed by atoms with Crippen LogP contribution >= 0.6 is 11.6 Å². The highest BCUT2D eigenvalue weighted by Gasteiger charge is 2.28. The molecule has 32 heavy (non-hydrogen) atoms. The zero-order chi connectivity index (χ0) is 23.0. The summed E-state index contributed by atoms with van der Waals surface area (Å²) in [4.78, 5) is 12.1. The number of aromatic amines is 1. The van der Waals surface area contributed by atoms with E-state index >= 15 is 0 Å². The molecule has 0 unspecified atom stereocenters. The van der Waals surface area contributed by atoms with Gasteiger partial charge in [-0.25, -0.2) is 4.79 Å². The van der Waals surface area contributed by atoms with Crippen molar-refractivity contribution >= 4 is 28.3 Å². The van der Waals surface area contributed by atoms with Crippen molar-refractivity contribution in [3.8, 4) is 22.3 Å². The van der Waals surface area contributed by atoms with E-state index in [-0.39, 0.29) is 0 Å². The summed E-state index contributed by atoms with van der Waals surface area (Å²) >= 11 is 6.12. The molecule has 1 heterocycles. The number of nitrogens with zero attached hydrogens (tertiary/aromatic N) is 1. The second kappa shape index (κ2) is 8.41. The number of hydrogen-bond acceptors (Lipinski definition) is 3. The minimum Gasteiger partial charge on any atom is -0.479 e. The normalized spacial score (nSPS) is 12.8. The lowest BCUT2D eigenvalue weighted by atomic mass is 9.90. The molecule has 164 valence electrons. The zero-order valence-corrected chi connectivity index (χ0v) is 19.2. The Labute approximate surface area is 192 Å². The summed E-state index contributed by atoms with van der Waals surface area (Å²) in [6.07, 6.45) is 2.57. The number of rotatable bonds is 5. The first-order chi connectivity index (χ1) is 15.1. The van der Waals surface area contributed by atoms with E-state index in [0.717, 1.165) is 38.6 Å². The van der Waals surface area contributed by atoms with Crippen LogP contribution in [0.3, 0.4) is 0 Å². The third kappa shape index (κ3) is 4.54. The van der Waals surface area contributed by atoms with Crippen molar-refractivity contribution in [1.29, 1.82) is 0 Å². The van der Waals surface area contributed by atoms with Gasteiger partial charge in [0.05, 0.1) is 11.8 Å². The first-order valence-corrected chi connectivity index (χ1v) is 10.7. The Morgan fingerprint density at radius 2 is 1.78 bits per heavy atom. The van der Waals surface area contributed by atoms with Crippen LogP contribution in [-0.4, -0.2) is 26.9 Å². The first kappa shape index (κ1) is 22.1. The van der Waals surface area contributed by atoms with Gasteiger partial charge in [-0.2, -0.15) is 5.10 Å². The maximum absolute atomic E-state index is 12.1. The molecule has 1 aromatic heterocycles. The molecule has 2 N–H and O–H groups in total. The summed E-state index contributed by atoms with van der Waals surface area (Å²) in [5.41, 5.74) is 4.87. The van der Waals surface area contributed by atoms with E-state index in [4.69, 9.17) is 16.3 Å². The van der Waals surface area contributed by atoms with Crippen molar-refractivity contribution in [1.82, 2.24) is 10.2 Å². The molecule has 0 fully saturated rings. The number of aryl methyl sites for hydroxylation is 1. The zero-order valence-electron chi connectivity index (χ0n) is 18.4. The number of aliphatic carboxylic acids is 1. The molecule has 1 atom stereocenters. The third-order valence-corrected chi connectivity index (χ3v) is 5.56. The molecule has 0 amide bonds. The number of ether oxygens (including phenoxy) is 1. The van der Waals surface area contributed by atoms with Crippen LogP contribution in [0.4, 0.5) is 0 Å². The van der Waals surface area contributed by atoms with E-state index in [1.807, 2.05) is 70.3 Å². The van der Waals surface area contributed by atoms with Gasteiger partial charge in [-0.3, -0.25) is 5.10 Å². The van der Waals surface area contributed by atoms with Crippen molar-refractivity contribution in [3.05, 3.63) is 77.1 Å². The molecule has 3 aromatic carbocycles. The molecule has 6 heteroatoms. The fraction of sp³-hybridized carbons (Fsp3) is 0.231. The average molecular weight is 449 g/mol. The van der Waals surface area contributed by atoms with E-state index in [9.17, 15) is 9.90 Å². The molecule has 0 bridgehead atoms. The standard InChI is InChI=1S/C26H25ClN2O3/c1-15-9-18-10-17(19-13-28-29-14-19)11-22(16-5-7-20(27)8-6-16)23(18)12-21(15)24(25(30)31)32-26(2,3)4/h5-14,24H,1-4H3,(H,28,29)(H,30,31)/t24-/m0/s1. The largest absolute Gasteiger partial charge is 0.479 e. The highest BCUT2D eigenvalue weighted by atomic mass is 35.5. The Hall–Kier alpha value is -3.15. The van der Waals surface area contributed by atoms with Gasteiger partial charge in [0.2, 0.25) is 0 Å². The lowest BCUT2D eigenvalue weighted by Crippen LogP contribution is -2.27. The van der Waals surface area contributed by atoms with Gasteiger partial charge >= 0.3 is 5.97 Å². The van der Waals surface area contributed by atoms with Crippen LogP contribution in [-0.2, 0) is 9.53 Å². The molecule has 5 nitrogen and oxygen atoms in total. The number of carboxylic acids is 1. The second-order valence-electron chi connectivity index (χ2n) is 8.90. The van der Waals surface area contributed by atoms with Gasteiger partial charge in [0, 0.05) is 16.8 Å². The minimum absolute atomic E-state index is 0.603. The number of hydrogen-bond donors (Lipinski definition) is 2. The number of nitrogens with one attached hydrogen (secondary N) is 1.